The molecule has 0 atom stereocenters. The average molecular weight is 187 g/mol. The first-order chi connectivity index (χ1) is 3.83. The molecule has 0 N–H and O–H groups in total. The van der Waals surface area contributed by atoms with Gasteiger partial charge in [-0.15, -0.1) is 24.0 Å². The highest BCUT2D eigenvalue weighted by atomic mass is 35.5. The minimum atomic E-state index is 0. The smallest absolute Gasteiger partial charge is 0.115 e. The molecule has 0 saturated heterocycles. The Kier molecular flexibility index (Phi) is 4.02. The van der Waals surface area contributed by atoms with E-state index in [2.05, 4.69) is 5.10 Å². The van der Waals surface area contributed by atoms with E-state index in [1.807, 2.05) is 0 Å². The molecule has 2 nitrogen and oxygen atoms in total. The minimum Gasteiger partial charge on any atom is -0.256 e. The number of alkyl halides is 1. The molecule has 0 aromatic carbocycles. The van der Waals surface area contributed by atoms with Crippen LogP contribution in [0.1, 0.15) is 0 Å². The summed E-state index contributed by atoms with van der Waals surface area (Å²) in [5, 5.41) is 4.40. The summed E-state index contributed by atoms with van der Waals surface area (Å²) in [4.78, 5) is 0. The van der Waals surface area contributed by atoms with Crippen molar-refractivity contribution in [1.82, 2.24) is 9.78 Å². The van der Waals surface area contributed by atoms with Crippen molar-refractivity contribution in [2.75, 3.05) is 0 Å². The minimum absolute atomic E-state index is 0. The molecule has 0 saturated carbocycles. The van der Waals surface area contributed by atoms with E-state index in [-0.39, 0.29) is 12.4 Å². The summed E-state index contributed by atoms with van der Waals surface area (Å²) in [6.45, 7) is 0. The maximum absolute atomic E-state index is 5.50. The van der Waals surface area contributed by atoms with E-state index in [1.54, 1.807) is 17.1 Å². The molecule has 1 rings (SSSR count). The molecule has 0 unspecified atom stereocenters. The third-order valence-electron chi connectivity index (χ3n) is 0.724. The van der Waals surface area contributed by atoms with Crippen LogP contribution in [0.2, 0.25) is 5.02 Å². The van der Waals surface area contributed by atoms with Crippen molar-refractivity contribution in [3.63, 3.8) is 0 Å². The molecule has 1 aromatic heterocycles. The van der Waals surface area contributed by atoms with Crippen LogP contribution in [-0.2, 0) is 6.00 Å². The Morgan fingerprint density at radius 3 is 2.56 bits per heavy atom. The van der Waals surface area contributed by atoms with Gasteiger partial charge in [0.05, 0.1) is 11.2 Å². The van der Waals surface area contributed by atoms with Gasteiger partial charge in [-0.1, -0.05) is 11.6 Å². The highest BCUT2D eigenvalue weighted by Crippen LogP contribution is 2.04. The monoisotopic (exact) mass is 186 g/mol. The summed E-state index contributed by atoms with van der Waals surface area (Å²) in [6, 6.07) is 0.354. The first kappa shape index (κ1) is 9.08. The molecule has 0 radical (unpaired) electrons. The lowest BCUT2D eigenvalue weighted by Gasteiger charge is -1.85. The van der Waals surface area contributed by atoms with Crippen molar-refractivity contribution in [3.05, 3.63) is 17.4 Å². The number of hydrogen-bond donors (Lipinski definition) is 0. The molecule has 0 bridgehead atoms. The van der Waals surface area contributed by atoms with Crippen LogP contribution >= 0.6 is 35.6 Å². The maximum Gasteiger partial charge on any atom is 0.115 e. The van der Waals surface area contributed by atoms with Gasteiger partial charge in [-0.05, 0) is 0 Å². The molecule has 0 aliphatic carbocycles. The first-order valence-corrected chi connectivity index (χ1v) is 2.98. The topological polar surface area (TPSA) is 17.8 Å². The van der Waals surface area contributed by atoms with Gasteiger partial charge in [-0.25, -0.2) is 0 Å². The number of nitrogens with zero attached hydrogens (tertiary/aromatic N) is 2. The Hall–Kier alpha value is 0.0800. The third-order valence-corrected chi connectivity index (χ3v) is 1.16. The second kappa shape index (κ2) is 3.99. The lowest BCUT2D eigenvalue weighted by atomic mass is 10.7. The van der Waals surface area contributed by atoms with Crippen molar-refractivity contribution in [1.29, 1.82) is 0 Å². The van der Waals surface area contributed by atoms with Crippen LogP contribution in [0.25, 0.3) is 0 Å². The van der Waals surface area contributed by atoms with Crippen molar-refractivity contribution >= 4 is 35.6 Å². The molecule has 0 aliphatic heterocycles. The van der Waals surface area contributed by atoms with E-state index in [1.165, 1.54) is 0 Å². The van der Waals surface area contributed by atoms with Crippen LogP contribution in [0.5, 0.6) is 0 Å². The zero-order valence-electron chi connectivity index (χ0n) is 4.42. The molecule has 5 heteroatoms. The zero-order chi connectivity index (χ0) is 5.98. The van der Waals surface area contributed by atoms with Crippen molar-refractivity contribution in [2.24, 2.45) is 0 Å². The Bertz CT molecular complexity index is 174. The van der Waals surface area contributed by atoms with E-state index in [0.29, 0.717) is 11.0 Å². The SMILES string of the molecule is Cl.ClCn1cc(Cl)cn1. The Balaban J connectivity index is 0.000000640. The summed E-state index contributed by atoms with van der Waals surface area (Å²) >= 11 is 10.9. The normalized spacial score (nSPS) is 8.67. The average Bonchev–Trinajstić information content (AvgIpc) is 2.14. The highest BCUT2D eigenvalue weighted by molar-refractivity contribution is 6.30. The fourth-order valence-electron chi connectivity index (χ4n) is 0.404. The van der Waals surface area contributed by atoms with E-state index in [9.17, 15) is 0 Å². The van der Waals surface area contributed by atoms with E-state index in [0.717, 1.165) is 0 Å². The van der Waals surface area contributed by atoms with Crippen LogP contribution in [0.3, 0.4) is 0 Å². The number of aromatic nitrogens is 2. The summed E-state index contributed by atoms with van der Waals surface area (Å²) in [6.07, 6.45) is 3.21. The first-order valence-electron chi connectivity index (χ1n) is 2.07. The maximum atomic E-state index is 5.50. The summed E-state index contributed by atoms with van der Waals surface area (Å²) < 4.78 is 1.55. The molecule has 0 fully saturated rings. The van der Waals surface area contributed by atoms with Crippen LogP contribution in [0.15, 0.2) is 12.4 Å². The molecule has 0 aliphatic rings. The van der Waals surface area contributed by atoms with E-state index < -0.39 is 0 Å². The zero-order valence-corrected chi connectivity index (χ0v) is 6.75. The van der Waals surface area contributed by atoms with Gasteiger partial charge in [-0.2, -0.15) is 5.10 Å². The Labute approximate surface area is 69.2 Å². The van der Waals surface area contributed by atoms with Crippen LogP contribution < -0.4 is 0 Å². The summed E-state index contributed by atoms with van der Waals surface area (Å²) in [5.41, 5.74) is 0. The van der Waals surface area contributed by atoms with Gasteiger partial charge in [0.25, 0.3) is 0 Å². The molecule has 0 amide bonds. The number of rotatable bonds is 1. The standard InChI is InChI=1S/C4H4Cl2N2.ClH/c5-3-8-2-4(6)1-7-8;/h1-2H,3H2;1H. The molecule has 1 heterocycles. The third kappa shape index (κ3) is 2.43. The predicted molar refractivity (Wildman–Crippen MR) is 40.3 cm³/mol. The van der Waals surface area contributed by atoms with E-state index in [4.69, 9.17) is 23.2 Å². The van der Waals surface area contributed by atoms with Crippen molar-refractivity contribution in [2.45, 2.75) is 6.00 Å². The molecule has 9 heavy (non-hydrogen) atoms. The van der Waals surface area contributed by atoms with Crippen LogP contribution in [0, 0.1) is 0 Å². The second-order valence-corrected chi connectivity index (χ2v) is 1.99. The van der Waals surface area contributed by atoms with Gasteiger partial charge < -0.3 is 0 Å². The van der Waals surface area contributed by atoms with Crippen molar-refractivity contribution < 1.29 is 0 Å². The van der Waals surface area contributed by atoms with Crippen LogP contribution in [-0.4, -0.2) is 9.78 Å². The van der Waals surface area contributed by atoms with Gasteiger partial charge in [0.1, 0.15) is 6.00 Å². The van der Waals surface area contributed by atoms with E-state index >= 15 is 0 Å². The predicted octanol–water partition coefficient (Wildman–Crippen LogP) is 2.15. The van der Waals surface area contributed by atoms with Gasteiger partial charge in [0.2, 0.25) is 0 Å². The van der Waals surface area contributed by atoms with Gasteiger partial charge in [0, 0.05) is 6.20 Å². The Morgan fingerprint density at radius 2 is 2.33 bits per heavy atom. The molecule has 0 spiro atoms. The lowest BCUT2D eigenvalue weighted by Crippen LogP contribution is -1.89. The van der Waals surface area contributed by atoms with Crippen molar-refractivity contribution in [3.8, 4) is 0 Å². The largest absolute Gasteiger partial charge is 0.256 e. The lowest BCUT2D eigenvalue weighted by molar-refractivity contribution is 0.744. The van der Waals surface area contributed by atoms with Gasteiger partial charge >= 0.3 is 0 Å². The summed E-state index contributed by atoms with van der Waals surface area (Å²) in [7, 11) is 0. The molecule has 52 valence electrons. The molecular formula is C4H5Cl3N2. The fraction of sp³-hybridized carbons (Fsp3) is 0.250. The molecule has 1 aromatic rings. The number of hydrogen-bond acceptors (Lipinski definition) is 1. The molecular weight excluding hydrogens is 182 g/mol. The second-order valence-electron chi connectivity index (χ2n) is 1.32. The number of halogens is 3. The quantitative estimate of drug-likeness (QED) is 0.616. The summed E-state index contributed by atoms with van der Waals surface area (Å²) in [5.74, 6) is 0. The van der Waals surface area contributed by atoms with Crippen LogP contribution in [0.4, 0.5) is 0 Å². The Morgan fingerprint density at radius 1 is 1.67 bits per heavy atom. The fourth-order valence-corrected chi connectivity index (χ4v) is 0.691. The highest BCUT2D eigenvalue weighted by Gasteiger charge is 1.89. The van der Waals surface area contributed by atoms with Gasteiger partial charge in [-0.3, -0.25) is 4.68 Å². The van der Waals surface area contributed by atoms with Gasteiger partial charge in [0.15, 0.2) is 0 Å².